The molecule has 168 valence electrons. The van der Waals surface area contributed by atoms with Crippen LogP contribution in [0.4, 0.5) is 0 Å². The lowest BCUT2D eigenvalue weighted by Gasteiger charge is -2.34. The molecule has 0 radical (unpaired) electrons. The van der Waals surface area contributed by atoms with Crippen LogP contribution in [0.5, 0.6) is 28.7 Å². The lowest BCUT2D eigenvalue weighted by atomic mass is 10.0. The molecule has 31 heavy (non-hydrogen) atoms. The average Bonchev–Trinajstić information content (AvgIpc) is 2.81. The molecule has 1 aliphatic heterocycles. The number of methoxy groups -OCH3 is 4. The van der Waals surface area contributed by atoms with E-state index in [1.165, 1.54) is 21.3 Å². The largest absolute Gasteiger partial charge is 0.493 e. The number of carbonyl (C=O) groups excluding carboxylic acids is 1. The van der Waals surface area contributed by atoms with Gasteiger partial charge in [-0.25, -0.2) is 0 Å². The molecule has 0 saturated heterocycles. The summed E-state index contributed by atoms with van der Waals surface area (Å²) in [6.07, 6.45) is -0.323. The number of benzene rings is 2. The average molecular weight is 434 g/mol. The highest BCUT2D eigenvalue weighted by Gasteiger charge is 2.35. The standard InChI is InChI=1S/C22H26O9/c1-24-12-28-11-20-21(31-17-7-14(10-23)5-6-16(17)30-20)15-8-18(26-3)22(29-13-25-2)19(9-15)27-4/h5-10,20-21H,11-13H2,1-4H3/t20-,21-/m0/s1. The molecule has 0 aromatic heterocycles. The maximum Gasteiger partial charge on any atom is 0.206 e. The van der Waals surface area contributed by atoms with Crippen molar-refractivity contribution in [1.29, 1.82) is 0 Å². The van der Waals surface area contributed by atoms with Gasteiger partial charge in [0.25, 0.3) is 0 Å². The molecule has 0 bridgehead atoms. The van der Waals surface area contributed by atoms with E-state index in [0.29, 0.717) is 39.9 Å². The van der Waals surface area contributed by atoms with Crippen molar-refractivity contribution in [3.05, 3.63) is 41.5 Å². The predicted octanol–water partition coefficient (Wildman–Crippen LogP) is 3.00. The molecule has 2 aromatic rings. The fourth-order valence-electron chi connectivity index (χ4n) is 3.20. The smallest absolute Gasteiger partial charge is 0.206 e. The minimum atomic E-state index is -0.578. The molecule has 0 amide bonds. The van der Waals surface area contributed by atoms with Gasteiger partial charge in [-0.05, 0) is 30.3 Å². The van der Waals surface area contributed by atoms with E-state index >= 15 is 0 Å². The number of hydrogen-bond acceptors (Lipinski definition) is 9. The van der Waals surface area contributed by atoms with Crippen LogP contribution >= 0.6 is 0 Å². The first-order valence-corrected chi connectivity index (χ1v) is 9.52. The van der Waals surface area contributed by atoms with E-state index in [4.69, 9.17) is 37.9 Å². The zero-order valence-corrected chi connectivity index (χ0v) is 17.9. The molecule has 9 nitrogen and oxygen atoms in total. The Kier molecular flexibility index (Phi) is 7.94. The van der Waals surface area contributed by atoms with Gasteiger partial charge < -0.3 is 37.9 Å². The zero-order chi connectivity index (χ0) is 22.2. The lowest BCUT2D eigenvalue weighted by molar-refractivity contribution is -0.0869. The molecule has 0 fully saturated rings. The van der Waals surface area contributed by atoms with Crippen LogP contribution in [-0.4, -0.2) is 61.0 Å². The van der Waals surface area contributed by atoms with E-state index in [0.717, 1.165) is 6.29 Å². The van der Waals surface area contributed by atoms with Crippen molar-refractivity contribution in [3.8, 4) is 28.7 Å². The molecule has 1 aliphatic rings. The quantitative estimate of drug-likeness (QED) is 0.301. The number of hydrogen-bond donors (Lipinski definition) is 0. The Hall–Kier alpha value is -3.01. The van der Waals surface area contributed by atoms with Crippen molar-refractivity contribution in [3.63, 3.8) is 0 Å². The molecule has 1 heterocycles. The number of aldehydes is 1. The van der Waals surface area contributed by atoms with Crippen LogP contribution in [0.3, 0.4) is 0 Å². The van der Waals surface area contributed by atoms with Crippen molar-refractivity contribution in [1.82, 2.24) is 0 Å². The Balaban J connectivity index is 2.00. The van der Waals surface area contributed by atoms with Gasteiger partial charge in [-0.1, -0.05) is 0 Å². The third-order valence-corrected chi connectivity index (χ3v) is 4.59. The van der Waals surface area contributed by atoms with Crippen molar-refractivity contribution >= 4 is 6.29 Å². The Labute approximate surface area is 180 Å². The van der Waals surface area contributed by atoms with Crippen LogP contribution in [0.1, 0.15) is 22.0 Å². The van der Waals surface area contributed by atoms with Gasteiger partial charge in [0.1, 0.15) is 13.1 Å². The summed E-state index contributed by atoms with van der Waals surface area (Å²) >= 11 is 0. The first-order chi connectivity index (χ1) is 15.1. The van der Waals surface area contributed by atoms with Gasteiger partial charge in [0.05, 0.1) is 20.8 Å². The highest BCUT2D eigenvalue weighted by Crippen LogP contribution is 2.45. The van der Waals surface area contributed by atoms with E-state index in [2.05, 4.69) is 0 Å². The summed E-state index contributed by atoms with van der Waals surface area (Å²) in [6.45, 7) is 0.352. The summed E-state index contributed by atoms with van der Waals surface area (Å²) in [6, 6.07) is 8.54. The van der Waals surface area contributed by atoms with Gasteiger partial charge in [-0.2, -0.15) is 0 Å². The molecule has 2 atom stereocenters. The second kappa shape index (κ2) is 10.9. The van der Waals surface area contributed by atoms with E-state index in [-0.39, 0.29) is 20.2 Å². The van der Waals surface area contributed by atoms with E-state index in [1.54, 1.807) is 37.4 Å². The van der Waals surface area contributed by atoms with Gasteiger partial charge in [-0.15, -0.1) is 0 Å². The summed E-state index contributed by atoms with van der Waals surface area (Å²) in [5.74, 6) is 2.27. The first kappa shape index (κ1) is 22.7. The summed E-state index contributed by atoms with van der Waals surface area (Å²) in [4.78, 5) is 11.2. The van der Waals surface area contributed by atoms with Gasteiger partial charge in [0, 0.05) is 25.3 Å². The SMILES string of the molecule is COCOC[C@@H]1Oc2ccc(C=O)cc2O[C@H]1c1cc(OC)c(OCOC)c(OC)c1. The lowest BCUT2D eigenvalue weighted by Crippen LogP contribution is -2.37. The molecule has 9 heteroatoms. The molecule has 0 saturated carbocycles. The number of fused-ring (bicyclic) bond motifs is 1. The van der Waals surface area contributed by atoms with Crippen LogP contribution in [-0.2, 0) is 14.2 Å². The number of ether oxygens (including phenoxy) is 8. The van der Waals surface area contributed by atoms with Crippen LogP contribution in [0.15, 0.2) is 30.3 Å². The summed E-state index contributed by atoms with van der Waals surface area (Å²) in [5, 5.41) is 0. The normalized spacial score (nSPS) is 17.2. The van der Waals surface area contributed by atoms with Gasteiger partial charge in [0.2, 0.25) is 5.75 Å². The maximum absolute atomic E-state index is 11.2. The molecule has 0 aliphatic carbocycles. The third kappa shape index (κ3) is 5.19. The van der Waals surface area contributed by atoms with E-state index in [1.807, 2.05) is 0 Å². The van der Waals surface area contributed by atoms with Crippen LogP contribution in [0.2, 0.25) is 0 Å². The molecule has 2 aromatic carbocycles. The second-order valence-electron chi connectivity index (χ2n) is 6.60. The van der Waals surface area contributed by atoms with Crippen LogP contribution in [0.25, 0.3) is 0 Å². The Morgan fingerprint density at radius 1 is 0.903 bits per heavy atom. The van der Waals surface area contributed by atoms with Crippen molar-refractivity contribution in [2.75, 3.05) is 48.6 Å². The zero-order valence-electron chi connectivity index (χ0n) is 17.9. The molecule has 0 unspecified atom stereocenters. The molecule has 3 rings (SSSR count). The highest BCUT2D eigenvalue weighted by molar-refractivity contribution is 5.76. The Bertz CT molecular complexity index is 858. The number of carbonyl (C=O) groups is 1. The van der Waals surface area contributed by atoms with Crippen molar-refractivity contribution in [2.24, 2.45) is 0 Å². The van der Waals surface area contributed by atoms with E-state index in [9.17, 15) is 4.79 Å². The van der Waals surface area contributed by atoms with Gasteiger partial charge in [0.15, 0.2) is 42.0 Å². The van der Waals surface area contributed by atoms with Crippen molar-refractivity contribution in [2.45, 2.75) is 12.2 Å². The monoisotopic (exact) mass is 434 g/mol. The minimum Gasteiger partial charge on any atom is -0.493 e. The fourth-order valence-corrected chi connectivity index (χ4v) is 3.20. The first-order valence-electron chi connectivity index (χ1n) is 9.52. The predicted molar refractivity (Wildman–Crippen MR) is 109 cm³/mol. The maximum atomic E-state index is 11.2. The second-order valence-corrected chi connectivity index (χ2v) is 6.60. The molecule has 0 spiro atoms. The molecular formula is C22H26O9. The summed E-state index contributed by atoms with van der Waals surface area (Å²) in [5.41, 5.74) is 1.19. The summed E-state index contributed by atoms with van der Waals surface area (Å²) in [7, 11) is 6.12. The van der Waals surface area contributed by atoms with Gasteiger partial charge in [-0.3, -0.25) is 4.79 Å². The third-order valence-electron chi connectivity index (χ3n) is 4.59. The number of rotatable bonds is 11. The van der Waals surface area contributed by atoms with Crippen molar-refractivity contribution < 1.29 is 42.7 Å². The molecular weight excluding hydrogens is 408 g/mol. The van der Waals surface area contributed by atoms with Crippen LogP contribution in [0, 0.1) is 0 Å². The Morgan fingerprint density at radius 2 is 1.61 bits per heavy atom. The fraction of sp³-hybridized carbons (Fsp3) is 0.409. The summed E-state index contributed by atoms with van der Waals surface area (Å²) < 4.78 is 44.5. The van der Waals surface area contributed by atoms with Gasteiger partial charge >= 0.3 is 0 Å². The minimum absolute atomic E-state index is 0.0322. The Morgan fingerprint density at radius 3 is 2.23 bits per heavy atom. The molecule has 0 N–H and O–H groups in total. The van der Waals surface area contributed by atoms with Crippen LogP contribution < -0.4 is 23.7 Å². The van der Waals surface area contributed by atoms with E-state index < -0.39 is 12.2 Å². The highest BCUT2D eigenvalue weighted by atomic mass is 16.7. The topological polar surface area (TPSA) is 90.9 Å².